The van der Waals surface area contributed by atoms with Crippen LogP contribution in [0.2, 0.25) is 0 Å². The number of nitriles is 1. The van der Waals surface area contributed by atoms with Crippen LogP contribution in [0.3, 0.4) is 0 Å². The molecule has 0 spiro atoms. The van der Waals surface area contributed by atoms with E-state index >= 15 is 0 Å². The molecule has 2 N–H and O–H groups in total. The van der Waals surface area contributed by atoms with Gasteiger partial charge in [0.1, 0.15) is 6.07 Å². The molecule has 2 aliphatic heterocycles. The Kier molecular flexibility index (Phi) is 9.26. The van der Waals surface area contributed by atoms with Crippen molar-refractivity contribution in [2.24, 2.45) is 4.99 Å². The number of aliphatic imine (C=N–C) groups is 1. The quantitative estimate of drug-likeness (QED) is 0.387. The van der Waals surface area contributed by atoms with Crippen molar-refractivity contribution in [2.45, 2.75) is 51.2 Å². The smallest absolute Gasteiger partial charge is 0.191 e. The van der Waals surface area contributed by atoms with E-state index in [2.05, 4.69) is 28.5 Å². The Labute approximate surface area is 180 Å². The summed E-state index contributed by atoms with van der Waals surface area (Å²) in [5, 5.41) is 16.4. The highest BCUT2D eigenvalue weighted by atomic mass is 16.5. The van der Waals surface area contributed by atoms with Gasteiger partial charge < -0.3 is 25.0 Å². The highest BCUT2D eigenvalue weighted by molar-refractivity contribution is 5.80. The molecular weight excluding hydrogens is 378 g/mol. The molecule has 1 unspecified atom stereocenters. The maximum atomic E-state index is 9.42. The highest BCUT2D eigenvalue weighted by Crippen LogP contribution is 2.23. The average Bonchev–Trinajstić information content (AvgIpc) is 2.80. The molecule has 0 radical (unpaired) electrons. The number of anilines is 1. The molecule has 164 valence electrons. The average molecular weight is 414 g/mol. The molecule has 30 heavy (non-hydrogen) atoms. The number of para-hydroxylation sites is 1. The van der Waals surface area contributed by atoms with E-state index in [4.69, 9.17) is 14.5 Å². The molecule has 7 nitrogen and oxygen atoms in total. The van der Waals surface area contributed by atoms with E-state index in [1.54, 1.807) is 0 Å². The van der Waals surface area contributed by atoms with E-state index in [-0.39, 0.29) is 0 Å². The lowest BCUT2D eigenvalue weighted by atomic mass is 10.0. The molecule has 0 bridgehead atoms. The number of guanidine groups is 1. The van der Waals surface area contributed by atoms with Gasteiger partial charge in [0.25, 0.3) is 0 Å². The van der Waals surface area contributed by atoms with Crippen molar-refractivity contribution in [3.05, 3.63) is 29.8 Å². The second-order valence-electron chi connectivity index (χ2n) is 7.86. The molecule has 1 aromatic carbocycles. The van der Waals surface area contributed by atoms with Gasteiger partial charge in [0.15, 0.2) is 5.96 Å². The first-order valence-corrected chi connectivity index (χ1v) is 11.3. The van der Waals surface area contributed by atoms with Crippen molar-refractivity contribution in [3.63, 3.8) is 0 Å². The molecule has 3 rings (SSSR count). The highest BCUT2D eigenvalue weighted by Gasteiger charge is 2.22. The van der Waals surface area contributed by atoms with Crippen LogP contribution in [0.25, 0.3) is 0 Å². The van der Waals surface area contributed by atoms with Crippen LogP contribution < -0.4 is 15.5 Å². The van der Waals surface area contributed by atoms with E-state index < -0.39 is 0 Å². The predicted molar refractivity (Wildman–Crippen MR) is 120 cm³/mol. The van der Waals surface area contributed by atoms with Crippen LogP contribution in [0.5, 0.6) is 0 Å². The summed E-state index contributed by atoms with van der Waals surface area (Å²) in [6, 6.07) is 10.5. The largest absolute Gasteiger partial charge is 0.381 e. The molecule has 2 heterocycles. The molecule has 0 aliphatic carbocycles. The van der Waals surface area contributed by atoms with Gasteiger partial charge in [0, 0.05) is 52.0 Å². The summed E-state index contributed by atoms with van der Waals surface area (Å²) >= 11 is 0. The van der Waals surface area contributed by atoms with Gasteiger partial charge in [0.2, 0.25) is 0 Å². The van der Waals surface area contributed by atoms with E-state index in [0.29, 0.717) is 12.1 Å². The zero-order valence-corrected chi connectivity index (χ0v) is 18.1. The number of nitrogens with zero attached hydrogens (tertiary/aromatic N) is 3. The number of hydrogen-bond acceptors (Lipinski definition) is 5. The van der Waals surface area contributed by atoms with Crippen molar-refractivity contribution in [2.75, 3.05) is 50.9 Å². The van der Waals surface area contributed by atoms with E-state index in [1.165, 1.54) is 0 Å². The van der Waals surface area contributed by atoms with Crippen LogP contribution in [-0.2, 0) is 9.47 Å². The maximum Gasteiger partial charge on any atom is 0.191 e. The molecule has 2 saturated heterocycles. The minimum Gasteiger partial charge on any atom is -0.381 e. The number of nitrogens with one attached hydrogen (secondary N) is 2. The van der Waals surface area contributed by atoms with Gasteiger partial charge in [-0.15, -0.1) is 0 Å². The molecule has 2 aliphatic rings. The Morgan fingerprint density at radius 2 is 2.13 bits per heavy atom. The molecular formula is C23H35N5O2. The third-order valence-electron chi connectivity index (χ3n) is 5.57. The first-order valence-electron chi connectivity index (χ1n) is 11.3. The Balaban J connectivity index is 1.47. The molecule has 0 saturated carbocycles. The summed E-state index contributed by atoms with van der Waals surface area (Å²) in [7, 11) is 0. The predicted octanol–water partition coefficient (Wildman–Crippen LogP) is 2.67. The van der Waals surface area contributed by atoms with Gasteiger partial charge in [-0.25, -0.2) is 0 Å². The standard InChI is InChI=1S/C23H35N5O2/c1-2-25-23(26-12-6-14-30-21-10-15-29-16-11-21)27-20-8-5-13-28(18-20)22-9-4-3-7-19(22)17-24/h3-4,7,9,20-21H,2,5-6,8,10-16,18H2,1H3,(H2,25,26,27). The Morgan fingerprint density at radius 1 is 1.30 bits per heavy atom. The summed E-state index contributed by atoms with van der Waals surface area (Å²) in [4.78, 5) is 7.05. The third kappa shape index (κ3) is 6.89. The number of piperidine rings is 1. The molecule has 2 fully saturated rings. The van der Waals surface area contributed by atoms with E-state index in [9.17, 15) is 5.26 Å². The molecule has 1 atom stereocenters. The summed E-state index contributed by atoms with van der Waals surface area (Å²) in [6.07, 6.45) is 5.46. The van der Waals surface area contributed by atoms with Crippen molar-refractivity contribution < 1.29 is 9.47 Å². The summed E-state index contributed by atoms with van der Waals surface area (Å²) in [6.45, 7) is 7.88. The molecule has 0 amide bonds. The maximum absolute atomic E-state index is 9.42. The number of ether oxygens (including phenoxy) is 2. The molecule has 1 aromatic rings. The molecule has 0 aromatic heterocycles. The monoisotopic (exact) mass is 413 g/mol. The van der Waals surface area contributed by atoms with E-state index in [0.717, 1.165) is 95.3 Å². The lowest BCUT2D eigenvalue weighted by molar-refractivity contribution is -0.0318. The van der Waals surface area contributed by atoms with Gasteiger partial charge >= 0.3 is 0 Å². The van der Waals surface area contributed by atoms with Crippen LogP contribution >= 0.6 is 0 Å². The fourth-order valence-electron chi connectivity index (χ4n) is 4.02. The summed E-state index contributed by atoms with van der Waals surface area (Å²) < 4.78 is 11.3. The Bertz CT molecular complexity index is 712. The summed E-state index contributed by atoms with van der Waals surface area (Å²) in [5.74, 6) is 0.865. The van der Waals surface area contributed by atoms with Gasteiger partial charge in [0.05, 0.1) is 17.4 Å². The topological polar surface area (TPSA) is 81.9 Å². The van der Waals surface area contributed by atoms with Crippen LogP contribution in [-0.4, -0.2) is 64.1 Å². The minimum atomic E-state index is 0.307. The van der Waals surface area contributed by atoms with Gasteiger partial charge in [-0.05, 0) is 51.2 Å². The number of hydrogen-bond donors (Lipinski definition) is 2. The van der Waals surface area contributed by atoms with Crippen LogP contribution in [0.15, 0.2) is 29.3 Å². The van der Waals surface area contributed by atoms with Crippen LogP contribution in [0, 0.1) is 11.3 Å². The molecule has 7 heteroatoms. The lowest BCUT2D eigenvalue weighted by Crippen LogP contribution is -2.51. The number of rotatable bonds is 8. The zero-order valence-electron chi connectivity index (χ0n) is 18.1. The SMILES string of the molecule is CCNC(=NCCCOC1CCOCC1)NC1CCCN(c2ccccc2C#N)C1. The van der Waals surface area contributed by atoms with Gasteiger partial charge in [-0.3, -0.25) is 4.99 Å². The second-order valence-corrected chi connectivity index (χ2v) is 7.86. The zero-order chi connectivity index (χ0) is 21.0. The first kappa shape index (κ1) is 22.4. The fourth-order valence-corrected chi connectivity index (χ4v) is 4.02. The van der Waals surface area contributed by atoms with Crippen molar-refractivity contribution in [1.29, 1.82) is 5.26 Å². The Hall–Kier alpha value is -2.30. The Morgan fingerprint density at radius 3 is 2.93 bits per heavy atom. The van der Waals surface area contributed by atoms with Gasteiger partial charge in [-0.1, -0.05) is 12.1 Å². The van der Waals surface area contributed by atoms with Crippen LogP contribution in [0.1, 0.15) is 44.6 Å². The minimum absolute atomic E-state index is 0.307. The second kappa shape index (κ2) is 12.4. The van der Waals surface area contributed by atoms with Gasteiger partial charge in [-0.2, -0.15) is 5.26 Å². The normalized spacial score (nSPS) is 20.6. The fraction of sp³-hybridized carbons (Fsp3) is 0.652. The summed E-state index contributed by atoms with van der Waals surface area (Å²) in [5.41, 5.74) is 1.77. The van der Waals surface area contributed by atoms with Crippen molar-refractivity contribution in [3.8, 4) is 6.07 Å². The van der Waals surface area contributed by atoms with E-state index in [1.807, 2.05) is 24.3 Å². The third-order valence-corrected chi connectivity index (χ3v) is 5.57. The number of benzene rings is 1. The first-order chi connectivity index (χ1) is 14.8. The van der Waals surface area contributed by atoms with Crippen molar-refractivity contribution in [1.82, 2.24) is 10.6 Å². The van der Waals surface area contributed by atoms with Crippen molar-refractivity contribution >= 4 is 11.6 Å². The lowest BCUT2D eigenvalue weighted by Gasteiger charge is -2.35. The van der Waals surface area contributed by atoms with Crippen LogP contribution in [0.4, 0.5) is 5.69 Å².